The molecule has 3 N–H and O–H groups in total. The monoisotopic (exact) mass is 840 g/mol. The third kappa shape index (κ3) is 10.7. The second kappa shape index (κ2) is 19.2. The van der Waals surface area contributed by atoms with Crippen LogP contribution in [-0.4, -0.2) is 73.3 Å². The lowest BCUT2D eigenvalue weighted by Crippen LogP contribution is -2.44. The zero-order chi connectivity index (χ0) is 39.0. The van der Waals surface area contributed by atoms with Crippen molar-refractivity contribution in [3.63, 3.8) is 0 Å². The van der Waals surface area contributed by atoms with E-state index in [9.17, 15) is 9.59 Å². The topological polar surface area (TPSA) is 78.7 Å². The summed E-state index contributed by atoms with van der Waals surface area (Å²) in [5.74, 6) is -0.127. The van der Waals surface area contributed by atoms with Crippen LogP contribution < -0.4 is 11.1 Å². The predicted molar refractivity (Wildman–Crippen MR) is 229 cm³/mol. The molecule has 0 radical (unpaired) electrons. The van der Waals surface area contributed by atoms with Crippen LogP contribution >= 0.6 is 58.0 Å². The van der Waals surface area contributed by atoms with Gasteiger partial charge in [0.25, 0.3) is 11.1 Å². The van der Waals surface area contributed by atoms with Crippen LogP contribution in [0.25, 0.3) is 0 Å². The number of hydrogen-bond acceptors (Lipinski definition) is 5. The first-order valence-electron chi connectivity index (χ1n) is 19.2. The van der Waals surface area contributed by atoms with E-state index >= 15 is 0 Å². The van der Waals surface area contributed by atoms with Crippen molar-refractivity contribution < 1.29 is 9.59 Å². The van der Waals surface area contributed by atoms with Gasteiger partial charge in [-0.1, -0.05) is 94.9 Å². The summed E-state index contributed by atoms with van der Waals surface area (Å²) in [7, 11) is 0. The van der Waals surface area contributed by atoms with Gasteiger partial charge in [-0.05, 0) is 159 Å². The molecule has 0 atom stereocenters. The SMILES string of the molecule is NCCN1CCC2(CCc3ccccc32)CC1.O=C(Cl)c1cc(Cl)cc(Cl)c1.O=C(NCCN1CCC2(CCc3ccccc32)CC1)c1cc(Cl)cc(Cl)c1. The number of nitrogens with two attached hydrogens (primary N) is 1. The van der Waals surface area contributed by atoms with Crippen molar-refractivity contribution in [2.24, 2.45) is 5.73 Å². The van der Waals surface area contributed by atoms with Crippen LogP contribution in [0.3, 0.4) is 0 Å². The molecule has 292 valence electrons. The number of rotatable bonds is 7. The lowest BCUT2D eigenvalue weighted by atomic mass is 9.74. The van der Waals surface area contributed by atoms with Gasteiger partial charge in [-0.3, -0.25) is 9.59 Å². The van der Waals surface area contributed by atoms with E-state index in [2.05, 4.69) is 63.6 Å². The van der Waals surface area contributed by atoms with Crippen LogP contribution in [0.5, 0.6) is 0 Å². The van der Waals surface area contributed by atoms with Gasteiger partial charge in [0, 0.05) is 57.4 Å². The van der Waals surface area contributed by atoms with E-state index in [-0.39, 0.29) is 5.91 Å². The number of aryl methyl sites for hydroxylation is 2. The van der Waals surface area contributed by atoms with E-state index < -0.39 is 5.24 Å². The summed E-state index contributed by atoms with van der Waals surface area (Å²) in [4.78, 5) is 27.9. The fraction of sp³-hybridized carbons (Fsp3) is 0.409. The number of nitrogens with one attached hydrogen (secondary N) is 1. The van der Waals surface area contributed by atoms with Crippen molar-refractivity contribution in [1.29, 1.82) is 0 Å². The number of piperidine rings is 2. The van der Waals surface area contributed by atoms with Crippen LogP contribution in [0.4, 0.5) is 0 Å². The van der Waals surface area contributed by atoms with Gasteiger partial charge in [0.05, 0.1) is 0 Å². The first-order valence-corrected chi connectivity index (χ1v) is 21.1. The number of fused-ring (bicyclic) bond motifs is 4. The number of likely N-dealkylation sites (tertiary alicyclic amines) is 2. The molecule has 11 heteroatoms. The van der Waals surface area contributed by atoms with Crippen molar-refractivity contribution in [2.45, 2.75) is 62.2 Å². The van der Waals surface area contributed by atoms with E-state index in [1.807, 2.05) is 0 Å². The third-order valence-electron chi connectivity index (χ3n) is 11.9. The number of halogens is 5. The van der Waals surface area contributed by atoms with E-state index in [0.29, 0.717) is 48.6 Å². The van der Waals surface area contributed by atoms with Gasteiger partial charge < -0.3 is 20.9 Å². The van der Waals surface area contributed by atoms with Crippen LogP contribution in [0, 0.1) is 0 Å². The number of amides is 1. The minimum absolute atomic E-state index is 0.127. The number of hydrogen-bond donors (Lipinski definition) is 2. The minimum atomic E-state index is -0.561. The summed E-state index contributed by atoms with van der Waals surface area (Å²) < 4.78 is 0. The van der Waals surface area contributed by atoms with Gasteiger partial charge in [0.1, 0.15) is 0 Å². The first-order chi connectivity index (χ1) is 26.5. The second-order valence-electron chi connectivity index (χ2n) is 15.2. The molecule has 2 aliphatic carbocycles. The van der Waals surface area contributed by atoms with Crippen molar-refractivity contribution in [1.82, 2.24) is 15.1 Å². The average Bonchev–Trinajstić information content (AvgIpc) is 3.71. The Morgan fingerprint density at radius 1 is 0.600 bits per heavy atom. The van der Waals surface area contributed by atoms with E-state index in [1.54, 1.807) is 40.5 Å². The lowest BCUT2D eigenvalue weighted by molar-refractivity contribution is 0.0940. The maximum atomic E-state index is 12.3. The molecule has 2 aliphatic heterocycles. The first kappa shape index (κ1) is 42.0. The Morgan fingerprint density at radius 2 is 1.02 bits per heavy atom. The second-order valence-corrected chi connectivity index (χ2v) is 17.3. The Bertz CT molecular complexity index is 1920. The number of carbonyl (C=O) groups is 2. The molecule has 4 aliphatic rings. The molecular weight excluding hydrogens is 794 g/mol. The molecule has 2 spiro atoms. The Labute approximate surface area is 350 Å². The maximum Gasteiger partial charge on any atom is 0.252 e. The normalized spacial score (nSPS) is 18.1. The third-order valence-corrected chi connectivity index (χ3v) is 13.0. The highest BCUT2D eigenvalue weighted by Crippen LogP contribution is 2.47. The van der Waals surface area contributed by atoms with Crippen molar-refractivity contribution >= 4 is 69.2 Å². The largest absolute Gasteiger partial charge is 0.351 e. The molecule has 0 saturated carbocycles. The van der Waals surface area contributed by atoms with Gasteiger partial charge in [-0.2, -0.15) is 0 Å². The highest BCUT2D eigenvalue weighted by molar-refractivity contribution is 6.68. The Balaban J connectivity index is 0.000000156. The van der Waals surface area contributed by atoms with Crippen LogP contribution in [0.2, 0.25) is 20.1 Å². The van der Waals surface area contributed by atoms with E-state index in [1.165, 1.54) is 82.7 Å². The molecule has 2 fully saturated rings. The highest BCUT2D eigenvalue weighted by atomic mass is 35.5. The standard InChI is InChI=1S/C22H24Cl2N2O.C15H22N2.C7H3Cl3O/c23-18-13-17(14-19(24)15-18)21(27)25-9-12-26-10-7-22(8-11-26)6-5-16-3-1-2-4-20(16)22;16-9-12-17-10-7-15(8-11-17)6-5-13-3-1-2-4-14(13)15;8-5-1-4(7(10)11)2-6(9)3-5/h1-4,13-15H,5-12H2,(H,25,27);1-4H,5-12,16H2;1-3H. The molecule has 2 heterocycles. The molecular formula is C44H49Cl5N4O2. The summed E-state index contributed by atoms with van der Waals surface area (Å²) in [6.07, 6.45) is 10.2. The van der Waals surface area contributed by atoms with Crippen molar-refractivity contribution in [3.8, 4) is 0 Å². The molecule has 4 aromatic rings. The molecule has 1 amide bonds. The summed E-state index contributed by atoms with van der Waals surface area (Å²) in [5, 5.41) is 4.18. The Morgan fingerprint density at radius 3 is 1.45 bits per heavy atom. The summed E-state index contributed by atoms with van der Waals surface area (Å²) in [5.41, 5.74) is 13.7. The van der Waals surface area contributed by atoms with Crippen LogP contribution in [0.1, 0.15) is 81.5 Å². The molecule has 0 aromatic heterocycles. The number of carbonyl (C=O) groups excluding carboxylic acids is 2. The Hall–Kier alpha value is -2.65. The predicted octanol–water partition coefficient (Wildman–Crippen LogP) is 10.0. The summed E-state index contributed by atoms with van der Waals surface area (Å²) in [6, 6.07) is 27.4. The molecule has 2 saturated heterocycles. The quantitative estimate of drug-likeness (QED) is 0.181. The van der Waals surface area contributed by atoms with Gasteiger partial charge in [0.2, 0.25) is 0 Å². The Kier molecular flexibility index (Phi) is 14.6. The van der Waals surface area contributed by atoms with Gasteiger partial charge in [-0.15, -0.1) is 0 Å². The highest BCUT2D eigenvalue weighted by Gasteiger charge is 2.41. The lowest BCUT2D eigenvalue weighted by Gasteiger charge is -2.40. The fourth-order valence-corrected chi connectivity index (χ4v) is 10.1. The molecule has 55 heavy (non-hydrogen) atoms. The van der Waals surface area contributed by atoms with E-state index in [0.717, 1.165) is 32.7 Å². The number of benzene rings is 4. The molecule has 0 unspecified atom stereocenters. The molecule has 0 bridgehead atoms. The van der Waals surface area contributed by atoms with Crippen LogP contribution in [-0.2, 0) is 23.7 Å². The van der Waals surface area contributed by atoms with Crippen molar-refractivity contribution in [3.05, 3.63) is 138 Å². The molecule has 8 rings (SSSR count). The zero-order valence-corrected chi connectivity index (χ0v) is 34.9. The van der Waals surface area contributed by atoms with E-state index in [4.69, 9.17) is 63.7 Å². The zero-order valence-electron chi connectivity index (χ0n) is 31.1. The van der Waals surface area contributed by atoms with Gasteiger partial charge in [0.15, 0.2) is 0 Å². The maximum absolute atomic E-state index is 12.3. The minimum Gasteiger partial charge on any atom is -0.351 e. The van der Waals surface area contributed by atoms with Gasteiger partial charge >= 0.3 is 0 Å². The van der Waals surface area contributed by atoms with Gasteiger partial charge in [-0.25, -0.2) is 0 Å². The average molecular weight is 843 g/mol. The number of nitrogens with zero attached hydrogens (tertiary/aromatic N) is 2. The summed E-state index contributed by atoms with van der Waals surface area (Å²) in [6.45, 7) is 8.00. The molecule has 4 aromatic carbocycles. The smallest absolute Gasteiger partial charge is 0.252 e. The van der Waals surface area contributed by atoms with Crippen LogP contribution in [0.15, 0.2) is 84.9 Å². The van der Waals surface area contributed by atoms with Crippen molar-refractivity contribution in [2.75, 3.05) is 52.4 Å². The molecule has 6 nitrogen and oxygen atoms in total. The fourth-order valence-electron chi connectivity index (χ4n) is 8.94. The summed E-state index contributed by atoms with van der Waals surface area (Å²) >= 11 is 28.3.